The number of halogens is 1. The minimum absolute atomic E-state index is 0. The van der Waals surface area contributed by atoms with Crippen molar-refractivity contribution in [2.75, 3.05) is 0 Å². The Kier molecular flexibility index (Phi) is 3.42. The molecule has 0 saturated heterocycles. The zero-order valence-electron chi connectivity index (χ0n) is 12.2. The van der Waals surface area contributed by atoms with E-state index in [1.165, 1.54) is 16.8 Å². The van der Waals surface area contributed by atoms with Gasteiger partial charge in [-0.3, -0.25) is 0 Å². The molecule has 7 heteroatoms. The third-order valence-corrected chi connectivity index (χ3v) is 3.67. The number of H-pyrrole nitrogens is 1. The highest BCUT2D eigenvalue weighted by molar-refractivity contribution is 5.72. The Morgan fingerprint density at radius 1 is 1.13 bits per heavy atom. The van der Waals surface area contributed by atoms with E-state index in [1.807, 2.05) is 24.3 Å². The lowest BCUT2D eigenvalue weighted by atomic mass is 10.2. The number of fused-ring (bicyclic) bond motifs is 3. The molecule has 2 heterocycles. The summed E-state index contributed by atoms with van der Waals surface area (Å²) in [6, 6.07) is 13.3. The highest BCUT2D eigenvalue weighted by Gasteiger charge is 2.22. The molecule has 2 aromatic heterocycles. The zero-order valence-corrected chi connectivity index (χ0v) is 12.2. The Morgan fingerprint density at radius 2 is 1.83 bits per heavy atom. The molecule has 116 valence electrons. The molecule has 0 aliphatic carbocycles. The molecular formula is C16H13FN4O2. The van der Waals surface area contributed by atoms with Crippen LogP contribution >= 0.6 is 0 Å². The van der Waals surface area contributed by atoms with E-state index in [2.05, 4.69) is 10.2 Å². The van der Waals surface area contributed by atoms with Crippen molar-refractivity contribution < 1.29 is 14.4 Å². The fourth-order valence-electron chi connectivity index (χ4n) is 2.63. The number of hydrogen-bond donors (Lipinski definition) is 1. The fraction of sp³-hybridized carbons (Fsp3) is 0.0625. The topological polar surface area (TPSA) is 84.8 Å². The van der Waals surface area contributed by atoms with Crippen LogP contribution in [0.3, 0.4) is 0 Å². The lowest BCUT2D eigenvalue weighted by Gasteiger charge is -1.96. The minimum atomic E-state index is -0.344. The third-order valence-electron chi connectivity index (χ3n) is 3.67. The molecule has 0 radical (unpaired) electrons. The maximum absolute atomic E-state index is 13.1. The molecule has 6 nitrogen and oxygen atoms in total. The Morgan fingerprint density at radius 3 is 2.57 bits per heavy atom. The van der Waals surface area contributed by atoms with Gasteiger partial charge in [0.25, 0.3) is 5.52 Å². The van der Waals surface area contributed by atoms with Crippen molar-refractivity contribution in [1.82, 2.24) is 14.9 Å². The standard InChI is InChI=1S/C16H11FN4O.H2O/c1-10-15-16(22)20(12-8-6-11(17)7-9-12)19-21(15)14-5-3-2-4-13(14)18-10;/h2-9H,1H3;1H2. The van der Waals surface area contributed by atoms with Gasteiger partial charge >= 0.3 is 5.56 Å². The van der Waals surface area contributed by atoms with Gasteiger partial charge in [0.15, 0.2) is 11.2 Å². The van der Waals surface area contributed by atoms with Gasteiger partial charge in [0, 0.05) is 0 Å². The molecule has 0 spiro atoms. The predicted molar refractivity (Wildman–Crippen MR) is 81.5 cm³/mol. The quantitative estimate of drug-likeness (QED) is 0.543. The molecule has 0 aliphatic heterocycles. The molecule has 2 N–H and O–H groups in total. The number of aromatic amines is 1. The van der Waals surface area contributed by atoms with Crippen molar-refractivity contribution in [3.63, 3.8) is 0 Å². The van der Waals surface area contributed by atoms with Gasteiger partial charge < -0.3 is 5.48 Å². The van der Waals surface area contributed by atoms with Gasteiger partial charge in [-0.2, -0.15) is 0 Å². The molecular weight excluding hydrogens is 299 g/mol. The van der Waals surface area contributed by atoms with E-state index in [-0.39, 0.29) is 16.9 Å². The average molecular weight is 312 g/mol. The summed E-state index contributed by atoms with van der Waals surface area (Å²) >= 11 is 0. The average Bonchev–Trinajstić information content (AvgIpc) is 2.87. The number of benzene rings is 2. The first-order valence-corrected chi connectivity index (χ1v) is 6.83. The Bertz CT molecular complexity index is 1070. The van der Waals surface area contributed by atoms with Gasteiger partial charge in [0.2, 0.25) is 0 Å². The summed E-state index contributed by atoms with van der Waals surface area (Å²) in [6.45, 7) is 1.80. The molecule has 0 aliphatic rings. The Labute approximate surface area is 129 Å². The summed E-state index contributed by atoms with van der Waals surface area (Å²) < 4.78 is 16.2. The number of nitrogens with zero attached hydrogens (tertiary/aromatic N) is 3. The van der Waals surface area contributed by atoms with Crippen LogP contribution in [-0.2, 0) is 0 Å². The van der Waals surface area contributed by atoms with E-state index in [0.29, 0.717) is 16.9 Å². The summed E-state index contributed by atoms with van der Waals surface area (Å²) in [7, 11) is 0. The number of hydrogen-bond acceptors (Lipinski definition) is 3. The molecule has 0 saturated carbocycles. The van der Waals surface area contributed by atoms with Crippen LogP contribution in [-0.4, -0.2) is 20.4 Å². The largest absolute Gasteiger partial charge is 0.870 e. The number of para-hydroxylation sites is 2. The van der Waals surface area contributed by atoms with Gasteiger partial charge in [-0.15, -0.1) is 4.52 Å². The van der Waals surface area contributed by atoms with E-state index in [1.54, 1.807) is 23.6 Å². The lowest BCUT2D eigenvalue weighted by molar-refractivity contribution is -0.556. The summed E-state index contributed by atoms with van der Waals surface area (Å²) in [4.78, 5) is 17.1. The Hall–Kier alpha value is -3.06. The summed E-state index contributed by atoms with van der Waals surface area (Å²) in [5.74, 6) is -0.344. The minimum Gasteiger partial charge on any atom is -0.870 e. The fourth-order valence-corrected chi connectivity index (χ4v) is 2.63. The van der Waals surface area contributed by atoms with E-state index in [0.717, 1.165) is 11.0 Å². The normalized spacial score (nSPS) is 10.9. The van der Waals surface area contributed by atoms with Crippen molar-refractivity contribution in [2.45, 2.75) is 6.92 Å². The first-order valence-electron chi connectivity index (χ1n) is 6.83. The SMILES string of the molecule is Cc1nc2ccccc2[n+]2[nH]n(-c3ccc(F)cc3)c(=O)c12.[OH-]. The second-order valence-corrected chi connectivity index (χ2v) is 5.09. The second-order valence-electron chi connectivity index (χ2n) is 5.09. The van der Waals surface area contributed by atoms with E-state index in [9.17, 15) is 9.18 Å². The highest BCUT2D eigenvalue weighted by Crippen LogP contribution is 2.11. The summed E-state index contributed by atoms with van der Waals surface area (Å²) in [6.07, 6.45) is 0. The van der Waals surface area contributed by atoms with Gasteiger partial charge in [0.1, 0.15) is 11.3 Å². The van der Waals surface area contributed by atoms with Crippen LogP contribution in [0.15, 0.2) is 53.3 Å². The molecule has 0 atom stereocenters. The number of aryl methyl sites for hydroxylation is 1. The van der Waals surface area contributed by atoms with Crippen LogP contribution in [0.25, 0.3) is 22.2 Å². The van der Waals surface area contributed by atoms with Crippen molar-refractivity contribution in [1.29, 1.82) is 0 Å². The first-order chi connectivity index (χ1) is 10.6. The van der Waals surface area contributed by atoms with Crippen LogP contribution in [0.1, 0.15) is 5.69 Å². The molecule has 4 aromatic rings. The van der Waals surface area contributed by atoms with Gasteiger partial charge in [-0.1, -0.05) is 22.0 Å². The van der Waals surface area contributed by atoms with Crippen molar-refractivity contribution >= 4 is 16.6 Å². The number of rotatable bonds is 1. The van der Waals surface area contributed by atoms with E-state index >= 15 is 0 Å². The Balaban J connectivity index is 0.00000156. The van der Waals surface area contributed by atoms with E-state index in [4.69, 9.17) is 0 Å². The zero-order chi connectivity index (χ0) is 15.3. The lowest BCUT2D eigenvalue weighted by Crippen LogP contribution is -2.27. The number of nitrogens with one attached hydrogen (secondary N) is 1. The second kappa shape index (κ2) is 5.29. The molecule has 2 aromatic carbocycles. The van der Waals surface area contributed by atoms with Crippen LogP contribution in [0, 0.1) is 12.7 Å². The summed E-state index contributed by atoms with van der Waals surface area (Å²) in [5.41, 5.74) is 3.07. The molecule has 0 bridgehead atoms. The van der Waals surface area contributed by atoms with E-state index < -0.39 is 0 Å². The van der Waals surface area contributed by atoms with Gasteiger partial charge in [-0.25, -0.2) is 14.2 Å². The van der Waals surface area contributed by atoms with Crippen molar-refractivity contribution in [2.24, 2.45) is 0 Å². The smallest absolute Gasteiger partial charge is 0.408 e. The van der Waals surface area contributed by atoms with Crippen LogP contribution in [0.4, 0.5) is 4.39 Å². The first kappa shape index (κ1) is 14.9. The van der Waals surface area contributed by atoms with Crippen LogP contribution in [0.2, 0.25) is 0 Å². The summed E-state index contributed by atoms with van der Waals surface area (Å²) in [5, 5.41) is 3.04. The molecule has 0 unspecified atom stereocenters. The molecule has 23 heavy (non-hydrogen) atoms. The molecule has 0 amide bonds. The maximum atomic E-state index is 13.1. The third kappa shape index (κ3) is 2.18. The monoisotopic (exact) mass is 312 g/mol. The highest BCUT2D eigenvalue weighted by atomic mass is 19.1. The van der Waals surface area contributed by atoms with Gasteiger partial charge in [0.05, 0.1) is 5.69 Å². The van der Waals surface area contributed by atoms with Gasteiger partial charge in [-0.05, 0) is 43.3 Å². The van der Waals surface area contributed by atoms with Crippen LogP contribution < -0.4 is 10.1 Å². The molecule has 4 rings (SSSR count). The number of aromatic nitrogens is 4. The van der Waals surface area contributed by atoms with Crippen molar-refractivity contribution in [3.8, 4) is 5.69 Å². The molecule has 0 fully saturated rings. The van der Waals surface area contributed by atoms with Crippen molar-refractivity contribution in [3.05, 3.63) is 70.4 Å². The maximum Gasteiger partial charge on any atom is 0.408 e. The van der Waals surface area contributed by atoms with Crippen LogP contribution in [0.5, 0.6) is 0 Å². The predicted octanol–water partition coefficient (Wildman–Crippen LogP) is 1.72.